The fraction of sp³-hybridized carbons (Fsp3) is 0.238. The largest absolute Gasteiger partial charge is 0.0723 e. The molecule has 0 aromatic heterocycles. The Kier molecular flexibility index (Phi) is 4.06. The van der Waals surface area contributed by atoms with Gasteiger partial charge in [0.05, 0.1) is 0 Å². The molecule has 0 N–H and O–H groups in total. The van der Waals surface area contributed by atoms with Crippen LogP contribution in [0.2, 0.25) is 0 Å². The molecule has 2 aromatic carbocycles. The highest BCUT2D eigenvalue weighted by Crippen LogP contribution is 2.40. The standard InChI is InChI=1S/C21H22/c1-3-16-14-15-21(18(16)4-2)20-13-9-8-12-19(20)17-10-6-5-7-11-17/h5-13,15H,3-4,14H2,1-2H3. The maximum atomic E-state index is 2.42. The molecular formula is C21H22. The molecule has 0 radical (unpaired) electrons. The molecule has 106 valence electrons. The summed E-state index contributed by atoms with van der Waals surface area (Å²) in [5, 5.41) is 0. The van der Waals surface area contributed by atoms with Crippen molar-refractivity contribution in [2.24, 2.45) is 0 Å². The van der Waals surface area contributed by atoms with E-state index in [9.17, 15) is 0 Å². The Balaban J connectivity index is 2.11. The van der Waals surface area contributed by atoms with E-state index in [-0.39, 0.29) is 0 Å². The first kappa shape index (κ1) is 13.9. The molecule has 0 unspecified atom stereocenters. The van der Waals surface area contributed by atoms with Gasteiger partial charge in [-0.15, -0.1) is 0 Å². The molecule has 0 saturated carbocycles. The summed E-state index contributed by atoms with van der Waals surface area (Å²) in [5.41, 5.74) is 8.64. The minimum absolute atomic E-state index is 1.12. The summed E-state index contributed by atoms with van der Waals surface area (Å²) in [6.07, 6.45) is 5.83. The smallest absolute Gasteiger partial charge is 0.0105 e. The molecule has 0 bridgehead atoms. The van der Waals surface area contributed by atoms with Gasteiger partial charge in [-0.1, -0.05) is 80.1 Å². The summed E-state index contributed by atoms with van der Waals surface area (Å²) in [6, 6.07) is 19.5. The quantitative estimate of drug-likeness (QED) is 0.617. The zero-order valence-electron chi connectivity index (χ0n) is 12.9. The zero-order chi connectivity index (χ0) is 14.7. The van der Waals surface area contributed by atoms with Crippen LogP contribution < -0.4 is 0 Å². The van der Waals surface area contributed by atoms with Gasteiger partial charge in [0.2, 0.25) is 0 Å². The molecule has 0 aliphatic heterocycles. The summed E-state index contributed by atoms with van der Waals surface area (Å²) < 4.78 is 0. The highest BCUT2D eigenvalue weighted by Gasteiger charge is 2.18. The SMILES string of the molecule is CCC1=C(CC)C(c2ccccc2-c2ccccc2)=CC1. The predicted octanol–water partition coefficient (Wildman–Crippen LogP) is 6.26. The molecule has 0 nitrogen and oxygen atoms in total. The van der Waals surface area contributed by atoms with Crippen LogP contribution in [0.4, 0.5) is 0 Å². The third kappa shape index (κ3) is 2.58. The first-order chi connectivity index (χ1) is 10.3. The lowest BCUT2D eigenvalue weighted by molar-refractivity contribution is 0.999. The van der Waals surface area contributed by atoms with Crippen LogP contribution in [0.3, 0.4) is 0 Å². The summed E-state index contributed by atoms with van der Waals surface area (Å²) in [4.78, 5) is 0. The number of hydrogen-bond acceptors (Lipinski definition) is 0. The maximum absolute atomic E-state index is 2.42. The minimum Gasteiger partial charge on any atom is -0.0723 e. The van der Waals surface area contributed by atoms with Crippen LogP contribution in [-0.4, -0.2) is 0 Å². The van der Waals surface area contributed by atoms with Crippen molar-refractivity contribution in [3.8, 4) is 11.1 Å². The van der Waals surface area contributed by atoms with Gasteiger partial charge in [-0.2, -0.15) is 0 Å². The van der Waals surface area contributed by atoms with Crippen LogP contribution in [0, 0.1) is 0 Å². The molecule has 0 saturated heterocycles. The molecule has 1 aliphatic carbocycles. The number of hydrogen-bond donors (Lipinski definition) is 0. The fourth-order valence-electron chi connectivity index (χ4n) is 3.32. The molecule has 0 heteroatoms. The Hall–Kier alpha value is -2.08. The lowest BCUT2D eigenvalue weighted by Crippen LogP contribution is -1.92. The first-order valence-corrected chi connectivity index (χ1v) is 7.91. The van der Waals surface area contributed by atoms with E-state index < -0.39 is 0 Å². The molecule has 3 rings (SSSR count). The molecular weight excluding hydrogens is 252 g/mol. The van der Waals surface area contributed by atoms with Crippen molar-refractivity contribution in [2.45, 2.75) is 33.1 Å². The third-order valence-electron chi connectivity index (χ3n) is 4.39. The highest BCUT2D eigenvalue weighted by molar-refractivity contribution is 5.90. The van der Waals surface area contributed by atoms with Crippen LogP contribution in [0.5, 0.6) is 0 Å². The molecule has 2 aromatic rings. The van der Waals surface area contributed by atoms with Crippen LogP contribution in [0.1, 0.15) is 38.7 Å². The molecule has 0 fully saturated rings. The zero-order valence-corrected chi connectivity index (χ0v) is 12.9. The van der Waals surface area contributed by atoms with E-state index in [2.05, 4.69) is 74.5 Å². The van der Waals surface area contributed by atoms with Gasteiger partial charge in [0, 0.05) is 0 Å². The van der Waals surface area contributed by atoms with Gasteiger partial charge in [-0.05, 0) is 47.1 Å². The van der Waals surface area contributed by atoms with Gasteiger partial charge in [0.15, 0.2) is 0 Å². The Bertz CT molecular complexity index is 687. The number of benzene rings is 2. The first-order valence-electron chi connectivity index (χ1n) is 7.91. The van der Waals surface area contributed by atoms with E-state index >= 15 is 0 Å². The Morgan fingerprint density at radius 2 is 1.43 bits per heavy atom. The van der Waals surface area contributed by atoms with Crippen molar-refractivity contribution in [2.75, 3.05) is 0 Å². The average Bonchev–Trinajstić information content (AvgIpc) is 2.98. The molecule has 1 aliphatic rings. The Morgan fingerprint density at radius 3 is 2.10 bits per heavy atom. The van der Waals surface area contributed by atoms with E-state index in [0.717, 1.165) is 19.3 Å². The normalized spacial score (nSPS) is 14.5. The average molecular weight is 274 g/mol. The number of allylic oxidation sites excluding steroid dienone is 4. The molecule has 0 spiro atoms. The predicted molar refractivity (Wildman–Crippen MR) is 92.1 cm³/mol. The van der Waals surface area contributed by atoms with Gasteiger partial charge < -0.3 is 0 Å². The maximum Gasteiger partial charge on any atom is -0.0105 e. The van der Waals surface area contributed by atoms with E-state index in [4.69, 9.17) is 0 Å². The Morgan fingerprint density at radius 1 is 0.762 bits per heavy atom. The van der Waals surface area contributed by atoms with Crippen molar-refractivity contribution in [1.82, 2.24) is 0 Å². The fourth-order valence-corrected chi connectivity index (χ4v) is 3.32. The van der Waals surface area contributed by atoms with Gasteiger partial charge >= 0.3 is 0 Å². The van der Waals surface area contributed by atoms with Crippen LogP contribution in [0.15, 0.2) is 71.8 Å². The van der Waals surface area contributed by atoms with Crippen molar-refractivity contribution < 1.29 is 0 Å². The van der Waals surface area contributed by atoms with Crippen molar-refractivity contribution in [1.29, 1.82) is 0 Å². The monoisotopic (exact) mass is 274 g/mol. The second-order valence-corrected chi connectivity index (χ2v) is 5.52. The summed E-state index contributed by atoms with van der Waals surface area (Å²) in [5.74, 6) is 0. The lowest BCUT2D eigenvalue weighted by Gasteiger charge is -2.14. The molecule has 0 amide bonds. The topological polar surface area (TPSA) is 0 Å². The van der Waals surface area contributed by atoms with Gasteiger partial charge in [-0.3, -0.25) is 0 Å². The Labute approximate surface area is 127 Å². The summed E-state index contributed by atoms with van der Waals surface area (Å²) >= 11 is 0. The molecule has 0 heterocycles. The van der Waals surface area contributed by atoms with E-state index in [1.807, 2.05) is 0 Å². The van der Waals surface area contributed by atoms with E-state index in [0.29, 0.717) is 0 Å². The van der Waals surface area contributed by atoms with Gasteiger partial charge in [0.25, 0.3) is 0 Å². The minimum atomic E-state index is 1.12. The highest BCUT2D eigenvalue weighted by atomic mass is 14.2. The third-order valence-corrected chi connectivity index (χ3v) is 4.39. The second-order valence-electron chi connectivity index (χ2n) is 5.52. The van der Waals surface area contributed by atoms with Gasteiger partial charge in [-0.25, -0.2) is 0 Å². The molecule has 21 heavy (non-hydrogen) atoms. The van der Waals surface area contributed by atoms with E-state index in [1.165, 1.54) is 22.3 Å². The van der Waals surface area contributed by atoms with Crippen molar-refractivity contribution in [3.63, 3.8) is 0 Å². The van der Waals surface area contributed by atoms with E-state index in [1.54, 1.807) is 11.1 Å². The summed E-state index contributed by atoms with van der Waals surface area (Å²) in [6.45, 7) is 4.54. The van der Waals surface area contributed by atoms with Crippen LogP contribution in [-0.2, 0) is 0 Å². The van der Waals surface area contributed by atoms with Crippen molar-refractivity contribution in [3.05, 3.63) is 77.4 Å². The van der Waals surface area contributed by atoms with Crippen LogP contribution in [0.25, 0.3) is 16.7 Å². The van der Waals surface area contributed by atoms with Gasteiger partial charge in [0.1, 0.15) is 0 Å². The van der Waals surface area contributed by atoms with Crippen molar-refractivity contribution >= 4 is 5.57 Å². The van der Waals surface area contributed by atoms with Crippen LogP contribution >= 0.6 is 0 Å². The number of rotatable bonds is 4. The second kappa shape index (κ2) is 6.13. The molecule has 0 atom stereocenters. The lowest BCUT2D eigenvalue weighted by atomic mass is 9.90. The summed E-state index contributed by atoms with van der Waals surface area (Å²) in [7, 11) is 0.